The molecule has 3 rings (SSSR count). The third kappa shape index (κ3) is 6.53. The van der Waals surface area contributed by atoms with E-state index in [0.717, 1.165) is 11.1 Å². The summed E-state index contributed by atoms with van der Waals surface area (Å²) in [6.07, 6.45) is 1.38. The lowest BCUT2D eigenvalue weighted by atomic mass is 10.1. The number of nitrogens with zero attached hydrogens (tertiary/aromatic N) is 1. The summed E-state index contributed by atoms with van der Waals surface area (Å²) in [6, 6.07) is 15.5. The Morgan fingerprint density at radius 3 is 2.19 bits per heavy atom. The van der Waals surface area contributed by atoms with Crippen LogP contribution in [0.3, 0.4) is 0 Å². The average molecular weight is 493 g/mol. The van der Waals surface area contributed by atoms with Gasteiger partial charge < -0.3 is 23.7 Å². The van der Waals surface area contributed by atoms with Gasteiger partial charge in [-0.1, -0.05) is 29.8 Å². The van der Waals surface area contributed by atoms with Crippen molar-refractivity contribution < 1.29 is 33.3 Å². The van der Waals surface area contributed by atoms with E-state index < -0.39 is 11.9 Å². The maximum Gasteiger partial charge on any atom is 0.343 e. The number of aryl methyl sites for hydroxylation is 2. The molecule has 0 aromatic heterocycles. The van der Waals surface area contributed by atoms with Gasteiger partial charge in [0.15, 0.2) is 18.1 Å². The van der Waals surface area contributed by atoms with Gasteiger partial charge in [0, 0.05) is 5.56 Å². The molecule has 36 heavy (non-hydrogen) atoms. The Kier molecular flexibility index (Phi) is 8.88. The molecule has 0 bridgehead atoms. The fourth-order valence-electron chi connectivity index (χ4n) is 3.35. The molecule has 0 saturated heterocycles. The first kappa shape index (κ1) is 26.1. The van der Waals surface area contributed by atoms with Crippen LogP contribution in [-0.2, 0) is 4.79 Å². The number of amides is 1. The van der Waals surface area contributed by atoms with E-state index in [0.29, 0.717) is 28.6 Å². The fraction of sp³-hybridized carbons (Fsp3) is 0.222. The van der Waals surface area contributed by atoms with Crippen LogP contribution >= 0.6 is 0 Å². The van der Waals surface area contributed by atoms with Gasteiger partial charge in [0.05, 0.1) is 33.1 Å². The van der Waals surface area contributed by atoms with E-state index in [9.17, 15) is 9.59 Å². The molecule has 0 aliphatic carbocycles. The second-order valence-electron chi connectivity index (χ2n) is 7.69. The van der Waals surface area contributed by atoms with Gasteiger partial charge in [-0.2, -0.15) is 5.10 Å². The summed E-state index contributed by atoms with van der Waals surface area (Å²) in [5, 5.41) is 3.96. The lowest BCUT2D eigenvalue weighted by Gasteiger charge is -2.14. The molecule has 3 aromatic rings. The van der Waals surface area contributed by atoms with Crippen molar-refractivity contribution in [2.24, 2.45) is 5.10 Å². The van der Waals surface area contributed by atoms with Crippen LogP contribution < -0.4 is 29.1 Å². The molecule has 0 fully saturated rings. The Hall–Kier alpha value is -4.53. The highest BCUT2D eigenvalue weighted by molar-refractivity contribution is 5.94. The number of nitrogens with one attached hydrogen (secondary N) is 1. The first-order chi connectivity index (χ1) is 17.4. The topological polar surface area (TPSA) is 105 Å². The molecule has 0 aliphatic rings. The minimum absolute atomic E-state index is 0.195. The maximum atomic E-state index is 12.8. The Labute approximate surface area is 209 Å². The van der Waals surface area contributed by atoms with Gasteiger partial charge in [0.2, 0.25) is 5.75 Å². The summed E-state index contributed by atoms with van der Waals surface area (Å²) >= 11 is 0. The Morgan fingerprint density at radius 2 is 1.56 bits per heavy atom. The molecule has 9 heteroatoms. The number of para-hydroxylation sites is 1. The molecule has 9 nitrogen and oxygen atoms in total. The summed E-state index contributed by atoms with van der Waals surface area (Å²) in [6.45, 7) is 3.70. The summed E-state index contributed by atoms with van der Waals surface area (Å²) in [5.41, 5.74) is 5.14. The molecular formula is C27H28N2O7. The summed E-state index contributed by atoms with van der Waals surface area (Å²) in [4.78, 5) is 25.0. The van der Waals surface area contributed by atoms with Gasteiger partial charge in [-0.3, -0.25) is 4.79 Å². The molecular weight excluding hydrogens is 464 g/mol. The highest BCUT2D eigenvalue weighted by atomic mass is 16.5. The zero-order valence-corrected chi connectivity index (χ0v) is 20.8. The summed E-state index contributed by atoms with van der Waals surface area (Å²) in [7, 11) is 4.39. The van der Waals surface area contributed by atoms with Crippen LogP contribution in [0.1, 0.15) is 27.0 Å². The van der Waals surface area contributed by atoms with E-state index in [1.54, 1.807) is 24.3 Å². The van der Waals surface area contributed by atoms with Crippen LogP contribution in [0.2, 0.25) is 0 Å². The lowest BCUT2D eigenvalue weighted by Crippen LogP contribution is -2.24. The molecule has 1 amide bonds. The molecule has 3 aromatic carbocycles. The quantitative estimate of drug-likeness (QED) is 0.197. The van der Waals surface area contributed by atoms with E-state index in [-0.39, 0.29) is 17.9 Å². The van der Waals surface area contributed by atoms with E-state index in [2.05, 4.69) is 10.5 Å². The number of esters is 1. The molecule has 0 radical (unpaired) electrons. The van der Waals surface area contributed by atoms with E-state index in [4.69, 9.17) is 23.7 Å². The first-order valence-electron chi connectivity index (χ1n) is 11.0. The van der Waals surface area contributed by atoms with Crippen molar-refractivity contribution in [3.8, 4) is 28.7 Å². The van der Waals surface area contributed by atoms with Gasteiger partial charge in [0.25, 0.3) is 5.91 Å². The van der Waals surface area contributed by atoms with Crippen molar-refractivity contribution in [2.45, 2.75) is 13.8 Å². The number of ether oxygens (including phenoxy) is 5. The SMILES string of the molecule is COc1cc(C(=O)Oc2ccccc2/C=N\NC(=O)COc2ccc(C)cc2C)cc(OC)c1OC. The first-order valence-corrected chi connectivity index (χ1v) is 11.0. The Morgan fingerprint density at radius 1 is 0.861 bits per heavy atom. The fourth-order valence-corrected chi connectivity index (χ4v) is 3.35. The molecule has 188 valence electrons. The third-order valence-electron chi connectivity index (χ3n) is 5.10. The van der Waals surface area contributed by atoms with Crippen LogP contribution in [0.15, 0.2) is 59.7 Å². The number of carbonyl (C=O) groups excluding carboxylic acids is 2. The van der Waals surface area contributed by atoms with Gasteiger partial charge >= 0.3 is 5.97 Å². The van der Waals surface area contributed by atoms with Crippen molar-refractivity contribution >= 4 is 18.1 Å². The van der Waals surface area contributed by atoms with E-state index in [1.165, 1.54) is 39.7 Å². The second kappa shape index (κ2) is 12.3. The van der Waals surface area contributed by atoms with Crippen LogP contribution in [-0.4, -0.2) is 46.0 Å². The number of carbonyl (C=O) groups is 2. The van der Waals surface area contributed by atoms with Crippen molar-refractivity contribution in [1.29, 1.82) is 0 Å². The Bertz CT molecular complexity index is 1250. The Balaban J connectivity index is 1.66. The maximum absolute atomic E-state index is 12.8. The highest BCUT2D eigenvalue weighted by Gasteiger charge is 2.19. The zero-order chi connectivity index (χ0) is 26.1. The van der Waals surface area contributed by atoms with Gasteiger partial charge in [-0.15, -0.1) is 0 Å². The minimum atomic E-state index is -0.638. The number of rotatable bonds is 10. The normalized spacial score (nSPS) is 10.6. The second-order valence-corrected chi connectivity index (χ2v) is 7.69. The molecule has 0 atom stereocenters. The van der Waals surface area contributed by atoms with Crippen molar-refractivity contribution in [1.82, 2.24) is 5.43 Å². The van der Waals surface area contributed by atoms with Crippen LogP contribution in [0.4, 0.5) is 0 Å². The van der Waals surface area contributed by atoms with Crippen LogP contribution in [0.25, 0.3) is 0 Å². The van der Waals surface area contributed by atoms with Gasteiger partial charge in [-0.25, -0.2) is 10.2 Å². The molecule has 1 N–H and O–H groups in total. The van der Waals surface area contributed by atoms with Crippen molar-refractivity contribution in [3.63, 3.8) is 0 Å². The minimum Gasteiger partial charge on any atom is -0.493 e. The van der Waals surface area contributed by atoms with Gasteiger partial charge in [-0.05, 0) is 49.7 Å². The van der Waals surface area contributed by atoms with Crippen molar-refractivity contribution in [2.75, 3.05) is 27.9 Å². The average Bonchev–Trinajstić information content (AvgIpc) is 2.88. The molecule has 0 unspecified atom stereocenters. The largest absolute Gasteiger partial charge is 0.493 e. The smallest absolute Gasteiger partial charge is 0.343 e. The van der Waals surface area contributed by atoms with Crippen molar-refractivity contribution in [3.05, 3.63) is 76.9 Å². The van der Waals surface area contributed by atoms with Gasteiger partial charge in [0.1, 0.15) is 11.5 Å². The molecule has 0 saturated carbocycles. The lowest BCUT2D eigenvalue weighted by molar-refractivity contribution is -0.123. The monoisotopic (exact) mass is 492 g/mol. The number of hydrogen-bond acceptors (Lipinski definition) is 8. The number of benzene rings is 3. The zero-order valence-electron chi connectivity index (χ0n) is 20.8. The summed E-state index contributed by atoms with van der Waals surface area (Å²) < 4.78 is 27.0. The number of methoxy groups -OCH3 is 3. The molecule has 0 heterocycles. The standard InChI is InChI=1S/C27H28N2O7/c1-17-10-11-21(18(2)12-17)35-16-25(30)29-28-15-19-8-6-7-9-22(19)36-27(31)20-13-23(32-3)26(34-5)24(14-20)33-4/h6-15H,16H2,1-5H3,(H,29,30)/b28-15-. The van der Waals surface area contributed by atoms with Crippen LogP contribution in [0.5, 0.6) is 28.7 Å². The van der Waals surface area contributed by atoms with E-state index >= 15 is 0 Å². The highest BCUT2D eigenvalue weighted by Crippen LogP contribution is 2.38. The molecule has 0 aliphatic heterocycles. The van der Waals surface area contributed by atoms with E-state index in [1.807, 2.05) is 32.0 Å². The number of hydrogen-bond donors (Lipinski definition) is 1. The predicted molar refractivity (Wildman–Crippen MR) is 135 cm³/mol. The third-order valence-corrected chi connectivity index (χ3v) is 5.10. The van der Waals surface area contributed by atoms with Crippen LogP contribution in [0, 0.1) is 13.8 Å². The molecule has 0 spiro atoms. The number of hydrazone groups is 1. The summed E-state index contributed by atoms with van der Waals surface area (Å²) in [5.74, 6) is 0.818. The predicted octanol–water partition coefficient (Wildman–Crippen LogP) is 4.08.